The minimum atomic E-state index is 0.0190. The molecule has 2 rings (SSSR count). The second-order valence-electron chi connectivity index (χ2n) is 5.50. The lowest BCUT2D eigenvalue weighted by Gasteiger charge is -2.23. The maximum Gasteiger partial charge on any atom is 0.317 e. The molecule has 1 aromatic carbocycles. The summed E-state index contributed by atoms with van der Waals surface area (Å²) in [5.41, 5.74) is 1.70. The van der Waals surface area contributed by atoms with E-state index in [1.165, 1.54) is 0 Å². The number of urea groups is 1. The molecule has 1 fully saturated rings. The molecular formula is C16H21N3O. The zero-order chi connectivity index (χ0) is 14.5. The first kappa shape index (κ1) is 14.4. The SMILES string of the molecule is CCCN(Cc1ccc(C#N)cc1)C(=O)N[C@H]1C[C@H]1C. The number of amides is 2. The molecule has 0 bridgehead atoms. The Balaban J connectivity index is 1.96. The number of carbonyl (C=O) groups excluding carboxylic acids is 1. The van der Waals surface area contributed by atoms with Gasteiger partial charge in [0, 0.05) is 19.1 Å². The molecule has 4 heteroatoms. The lowest BCUT2D eigenvalue weighted by atomic mass is 10.1. The van der Waals surface area contributed by atoms with Crippen LogP contribution >= 0.6 is 0 Å². The Morgan fingerprint density at radius 1 is 1.45 bits per heavy atom. The van der Waals surface area contributed by atoms with Gasteiger partial charge in [-0.2, -0.15) is 5.26 Å². The van der Waals surface area contributed by atoms with E-state index in [-0.39, 0.29) is 6.03 Å². The van der Waals surface area contributed by atoms with Gasteiger partial charge in [0.1, 0.15) is 0 Å². The molecule has 1 aliphatic rings. The van der Waals surface area contributed by atoms with Gasteiger partial charge in [-0.1, -0.05) is 26.0 Å². The minimum absolute atomic E-state index is 0.0190. The lowest BCUT2D eigenvalue weighted by Crippen LogP contribution is -2.41. The second kappa shape index (κ2) is 6.42. The van der Waals surface area contributed by atoms with Crippen LogP contribution in [-0.4, -0.2) is 23.5 Å². The zero-order valence-corrected chi connectivity index (χ0v) is 12.1. The first-order chi connectivity index (χ1) is 9.63. The van der Waals surface area contributed by atoms with Crippen LogP contribution in [0.25, 0.3) is 0 Å². The average Bonchev–Trinajstić information content (AvgIpc) is 3.14. The molecule has 2 amide bonds. The number of hydrogen-bond acceptors (Lipinski definition) is 2. The number of benzene rings is 1. The fourth-order valence-electron chi connectivity index (χ4n) is 2.20. The van der Waals surface area contributed by atoms with Crippen molar-refractivity contribution in [2.45, 2.75) is 39.3 Å². The summed E-state index contributed by atoms with van der Waals surface area (Å²) in [7, 11) is 0. The topological polar surface area (TPSA) is 56.1 Å². The lowest BCUT2D eigenvalue weighted by molar-refractivity contribution is 0.194. The van der Waals surface area contributed by atoms with Gasteiger partial charge in [-0.15, -0.1) is 0 Å². The van der Waals surface area contributed by atoms with Crippen molar-refractivity contribution >= 4 is 6.03 Å². The fraction of sp³-hybridized carbons (Fsp3) is 0.500. The van der Waals surface area contributed by atoms with Crippen molar-refractivity contribution < 1.29 is 4.79 Å². The van der Waals surface area contributed by atoms with E-state index < -0.39 is 0 Å². The molecule has 0 heterocycles. The zero-order valence-electron chi connectivity index (χ0n) is 12.1. The van der Waals surface area contributed by atoms with Gasteiger partial charge in [0.15, 0.2) is 0 Å². The van der Waals surface area contributed by atoms with Crippen molar-refractivity contribution in [1.29, 1.82) is 5.26 Å². The van der Waals surface area contributed by atoms with Crippen LogP contribution in [0.3, 0.4) is 0 Å². The summed E-state index contributed by atoms with van der Waals surface area (Å²) in [5.74, 6) is 0.609. The summed E-state index contributed by atoms with van der Waals surface area (Å²) in [4.78, 5) is 14.1. The molecule has 1 aromatic rings. The minimum Gasteiger partial charge on any atom is -0.335 e. The normalized spacial score (nSPS) is 20.1. The number of rotatable bonds is 5. The molecule has 1 aliphatic carbocycles. The second-order valence-corrected chi connectivity index (χ2v) is 5.50. The van der Waals surface area contributed by atoms with Gasteiger partial charge in [0.2, 0.25) is 0 Å². The van der Waals surface area contributed by atoms with Gasteiger partial charge in [-0.25, -0.2) is 4.79 Å². The van der Waals surface area contributed by atoms with Gasteiger partial charge < -0.3 is 10.2 Å². The largest absolute Gasteiger partial charge is 0.335 e. The third-order valence-corrected chi connectivity index (χ3v) is 3.66. The molecule has 1 N–H and O–H groups in total. The van der Waals surface area contributed by atoms with Crippen LogP contribution in [0.1, 0.15) is 37.8 Å². The fourth-order valence-corrected chi connectivity index (χ4v) is 2.20. The Labute approximate surface area is 120 Å². The van der Waals surface area contributed by atoms with Crippen LogP contribution in [0.15, 0.2) is 24.3 Å². The molecule has 0 saturated heterocycles. The molecule has 0 radical (unpaired) electrons. The van der Waals surface area contributed by atoms with E-state index in [0.717, 1.165) is 24.9 Å². The Kier molecular flexibility index (Phi) is 4.62. The van der Waals surface area contributed by atoms with E-state index in [2.05, 4.69) is 25.2 Å². The van der Waals surface area contributed by atoms with Gasteiger partial charge in [-0.05, 0) is 36.5 Å². The summed E-state index contributed by atoms with van der Waals surface area (Å²) < 4.78 is 0. The summed E-state index contributed by atoms with van der Waals surface area (Å²) in [6, 6.07) is 9.88. The quantitative estimate of drug-likeness (QED) is 0.895. The maximum absolute atomic E-state index is 12.2. The van der Waals surface area contributed by atoms with Crippen LogP contribution < -0.4 is 5.32 Å². The molecule has 2 atom stereocenters. The van der Waals surface area contributed by atoms with Crippen molar-refractivity contribution in [2.24, 2.45) is 5.92 Å². The van der Waals surface area contributed by atoms with Crippen molar-refractivity contribution in [3.8, 4) is 6.07 Å². The maximum atomic E-state index is 12.2. The van der Waals surface area contributed by atoms with Crippen LogP contribution in [0.4, 0.5) is 4.79 Å². The smallest absolute Gasteiger partial charge is 0.317 e. The molecule has 0 aliphatic heterocycles. The van der Waals surface area contributed by atoms with Crippen LogP contribution in [0.5, 0.6) is 0 Å². The predicted molar refractivity (Wildman–Crippen MR) is 78.0 cm³/mol. The molecule has 20 heavy (non-hydrogen) atoms. The highest BCUT2D eigenvalue weighted by molar-refractivity contribution is 5.75. The Morgan fingerprint density at radius 2 is 2.10 bits per heavy atom. The van der Waals surface area contributed by atoms with E-state index in [1.807, 2.05) is 17.0 Å². The number of nitrogens with zero attached hydrogens (tertiary/aromatic N) is 2. The molecule has 106 valence electrons. The third kappa shape index (κ3) is 3.74. The highest BCUT2D eigenvalue weighted by Gasteiger charge is 2.34. The molecule has 4 nitrogen and oxygen atoms in total. The van der Waals surface area contributed by atoms with Crippen molar-refractivity contribution in [3.05, 3.63) is 35.4 Å². The molecule has 0 unspecified atom stereocenters. The van der Waals surface area contributed by atoms with Crippen LogP contribution in [-0.2, 0) is 6.54 Å². The first-order valence-electron chi connectivity index (χ1n) is 7.18. The Morgan fingerprint density at radius 3 is 2.60 bits per heavy atom. The van der Waals surface area contributed by atoms with Crippen molar-refractivity contribution in [1.82, 2.24) is 10.2 Å². The third-order valence-electron chi connectivity index (χ3n) is 3.66. The van der Waals surface area contributed by atoms with E-state index in [1.54, 1.807) is 12.1 Å². The van der Waals surface area contributed by atoms with Crippen molar-refractivity contribution in [3.63, 3.8) is 0 Å². The number of nitriles is 1. The summed E-state index contributed by atoms with van der Waals surface area (Å²) >= 11 is 0. The summed E-state index contributed by atoms with van der Waals surface area (Å²) in [6.45, 7) is 5.55. The predicted octanol–water partition coefficient (Wildman–Crippen LogP) is 2.89. The average molecular weight is 271 g/mol. The van der Waals surface area contributed by atoms with E-state index in [0.29, 0.717) is 24.1 Å². The van der Waals surface area contributed by atoms with Crippen LogP contribution in [0, 0.1) is 17.2 Å². The van der Waals surface area contributed by atoms with Crippen LogP contribution in [0.2, 0.25) is 0 Å². The first-order valence-corrected chi connectivity index (χ1v) is 7.18. The molecule has 0 aromatic heterocycles. The van der Waals surface area contributed by atoms with E-state index in [4.69, 9.17) is 5.26 Å². The Hall–Kier alpha value is -2.02. The summed E-state index contributed by atoms with van der Waals surface area (Å²) in [6.07, 6.45) is 2.02. The Bertz CT molecular complexity index is 503. The highest BCUT2D eigenvalue weighted by atomic mass is 16.2. The molecular weight excluding hydrogens is 250 g/mol. The number of nitrogens with one attached hydrogen (secondary N) is 1. The van der Waals surface area contributed by atoms with Gasteiger partial charge in [-0.3, -0.25) is 0 Å². The highest BCUT2D eigenvalue weighted by Crippen LogP contribution is 2.29. The van der Waals surface area contributed by atoms with Crippen molar-refractivity contribution in [2.75, 3.05) is 6.54 Å². The van der Waals surface area contributed by atoms with Gasteiger partial charge in [0.25, 0.3) is 0 Å². The molecule has 0 spiro atoms. The standard InChI is InChI=1S/C16H21N3O/c1-3-8-19(16(20)18-15-9-12(15)2)11-14-6-4-13(10-17)5-7-14/h4-7,12,15H,3,8-9,11H2,1-2H3,(H,18,20)/t12-,15+/m1/s1. The summed E-state index contributed by atoms with van der Waals surface area (Å²) in [5, 5.41) is 11.9. The molecule has 1 saturated carbocycles. The van der Waals surface area contributed by atoms with E-state index in [9.17, 15) is 4.79 Å². The number of carbonyl (C=O) groups is 1. The van der Waals surface area contributed by atoms with Gasteiger partial charge in [0.05, 0.1) is 11.6 Å². The van der Waals surface area contributed by atoms with E-state index >= 15 is 0 Å². The van der Waals surface area contributed by atoms with Gasteiger partial charge >= 0.3 is 6.03 Å². The number of hydrogen-bond donors (Lipinski definition) is 1. The monoisotopic (exact) mass is 271 g/mol.